The van der Waals surface area contributed by atoms with Crippen molar-refractivity contribution in [3.8, 4) is 0 Å². The van der Waals surface area contributed by atoms with Crippen molar-refractivity contribution in [3.63, 3.8) is 0 Å². The van der Waals surface area contributed by atoms with E-state index in [9.17, 15) is 8.42 Å². The van der Waals surface area contributed by atoms with Crippen LogP contribution in [-0.4, -0.2) is 42.1 Å². The highest BCUT2D eigenvalue weighted by Gasteiger charge is 2.32. The summed E-state index contributed by atoms with van der Waals surface area (Å²) in [6.07, 6.45) is 4.43. The maximum Gasteiger partial charge on any atom is 0.214 e. The molecule has 0 aliphatic heterocycles. The molecule has 0 saturated heterocycles. The minimum Gasteiger partial charge on any atom is -0.409 e. The van der Waals surface area contributed by atoms with E-state index in [0.717, 1.165) is 25.7 Å². The van der Waals surface area contributed by atoms with E-state index in [1.807, 2.05) is 13.8 Å². The van der Waals surface area contributed by atoms with Crippen molar-refractivity contribution in [2.45, 2.75) is 52.0 Å². The SMILES string of the molecule is CC(C)CCS(=O)(=O)N(CC(N)=NO)C1CCCC1. The molecule has 0 spiro atoms. The van der Waals surface area contributed by atoms with Crippen LogP contribution in [0.15, 0.2) is 5.16 Å². The quantitative estimate of drug-likeness (QED) is 0.320. The van der Waals surface area contributed by atoms with Gasteiger partial charge in [-0.25, -0.2) is 8.42 Å². The number of amidine groups is 1. The van der Waals surface area contributed by atoms with Gasteiger partial charge < -0.3 is 10.9 Å². The summed E-state index contributed by atoms with van der Waals surface area (Å²) in [6, 6.07) is -0.00235. The standard InChI is InChI=1S/C12H25N3O3S/c1-10(2)7-8-19(17,18)15(9-12(13)14-16)11-5-3-4-6-11/h10-11,16H,3-9H2,1-2H3,(H2,13,14). The van der Waals surface area contributed by atoms with Crippen LogP contribution in [0.4, 0.5) is 0 Å². The van der Waals surface area contributed by atoms with Crippen LogP contribution in [0.5, 0.6) is 0 Å². The second-order valence-electron chi connectivity index (χ2n) is 5.57. The predicted molar refractivity (Wildman–Crippen MR) is 75.6 cm³/mol. The van der Waals surface area contributed by atoms with Gasteiger partial charge >= 0.3 is 0 Å². The van der Waals surface area contributed by atoms with Crippen molar-refractivity contribution in [3.05, 3.63) is 0 Å². The predicted octanol–water partition coefficient (Wildman–Crippen LogP) is 1.35. The molecule has 7 heteroatoms. The first-order chi connectivity index (χ1) is 8.86. The molecular weight excluding hydrogens is 266 g/mol. The Kier molecular flexibility index (Phi) is 6.06. The molecule has 112 valence electrons. The number of rotatable bonds is 7. The van der Waals surface area contributed by atoms with Crippen LogP contribution in [0.25, 0.3) is 0 Å². The van der Waals surface area contributed by atoms with Crippen molar-refractivity contribution >= 4 is 15.9 Å². The Bertz CT molecular complexity index is 400. The minimum absolute atomic E-state index is 0.00235. The summed E-state index contributed by atoms with van der Waals surface area (Å²) in [5, 5.41) is 11.5. The van der Waals surface area contributed by atoms with Crippen molar-refractivity contribution in [2.75, 3.05) is 12.3 Å². The molecule has 1 saturated carbocycles. The molecule has 0 aromatic carbocycles. The smallest absolute Gasteiger partial charge is 0.214 e. The molecule has 1 aliphatic carbocycles. The molecule has 1 rings (SSSR count). The Morgan fingerprint density at radius 3 is 2.47 bits per heavy atom. The molecule has 1 fully saturated rings. The van der Waals surface area contributed by atoms with Crippen LogP contribution in [0, 0.1) is 5.92 Å². The lowest BCUT2D eigenvalue weighted by molar-refractivity contribution is 0.308. The van der Waals surface area contributed by atoms with Crippen molar-refractivity contribution in [2.24, 2.45) is 16.8 Å². The lowest BCUT2D eigenvalue weighted by atomic mass is 10.2. The molecule has 0 bridgehead atoms. The van der Waals surface area contributed by atoms with Gasteiger partial charge in [0.2, 0.25) is 10.0 Å². The van der Waals surface area contributed by atoms with Gasteiger partial charge in [0.15, 0.2) is 5.84 Å². The molecule has 0 amide bonds. The molecule has 0 unspecified atom stereocenters. The van der Waals surface area contributed by atoms with Crippen molar-refractivity contribution in [1.29, 1.82) is 0 Å². The van der Waals surface area contributed by atoms with E-state index >= 15 is 0 Å². The Labute approximate surface area is 115 Å². The maximum atomic E-state index is 12.4. The number of nitrogens with two attached hydrogens (primary N) is 1. The second-order valence-corrected chi connectivity index (χ2v) is 7.61. The monoisotopic (exact) mass is 291 g/mol. The number of oxime groups is 1. The van der Waals surface area contributed by atoms with Gasteiger partial charge in [-0.1, -0.05) is 31.8 Å². The fourth-order valence-electron chi connectivity index (χ4n) is 2.34. The third-order valence-corrected chi connectivity index (χ3v) is 5.38. The first kappa shape index (κ1) is 16.2. The molecule has 1 aliphatic rings. The summed E-state index contributed by atoms with van der Waals surface area (Å²) >= 11 is 0. The normalized spacial score (nSPS) is 18.6. The van der Waals surface area contributed by atoms with Gasteiger partial charge in [0.25, 0.3) is 0 Å². The number of nitrogens with zero attached hydrogens (tertiary/aromatic N) is 2. The van der Waals surface area contributed by atoms with Crippen molar-refractivity contribution in [1.82, 2.24) is 4.31 Å². The second kappa shape index (κ2) is 7.09. The minimum atomic E-state index is -3.34. The van der Waals surface area contributed by atoms with E-state index in [-0.39, 0.29) is 24.2 Å². The first-order valence-corrected chi connectivity index (χ1v) is 8.43. The van der Waals surface area contributed by atoms with E-state index in [1.165, 1.54) is 4.31 Å². The number of hydrogen-bond donors (Lipinski definition) is 2. The van der Waals surface area contributed by atoms with Crippen LogP contribution in [0.1, 0.15) is 46.0 Å². The van der Waals surface area contributed by atoms with Crippen LogP contribution >= 0.6 is 0 Å². The van der Waals surface area contributed by atoms with Gasteiger partial charge in [0, 0.05) is 6.04 Å². The topological polar surface area (TPSA) is 96.0 Å². The Hall–Kier alpha value is -0.820. The Balaban J connectivity index is 2.81. The lowest BCUT2D eigenvalue weighted by Gasteiger charge is -2.27. The third kappa shape index (κ3) is 4.99. The molecular formula is C12H25N3O3S. The van der Waals surface area contributed by atoms with E-state index < -0.39 is 10.0 Å². The highest BCUT2D eigenvalue weighted by atomic mass is 32.2. The maximum absolute atomic E-state index is 12.4. The molecule has 6 nitrogen and oxygen atoms in total. The summed E-state index contributed by atoms with van der Waals surface area (Å²) in [5.41, 5.74) is 5.49. The molecule has 3 N–H and O–H groups in total. The summed E-state index contributed by atoms with van der Waals surface area (Å²) in [4.78, 5) is 0. The van der Waals surface area contributed by atoms with Gasteiger partial charge in [-0.2, -0.15) is 4.31 Å². The number of sulfonamides is 1. The Morgan fingerprint density at radius 2 is 2.00 bits per heavy atom. The summed E-state index contributed by atoms with van der Waals surface area (Å²) in [7, 11) is -3.34. The summed E-state index contributed by atoms with van der Waals surface area (Å²) in [5.74, 6) is 0.406. The highest BCUT2D eigenvalue weighted by Crippen LogP contribution is 2.26. The molecule has 0 radical (unpaired) electrons. The van der Waals surface area contributed by atoms with Crippen LogP contribution in [0.3, 0.4) is 0 Å². The van der Waals surface area contributed by atoms with Crippen molar-refractivity contribution < 1.29 is 13.6 Å². The van der Waals surface area contributed by atoms with Crippen LogP contribution in [0.2, 0.25) is 0 Å². The molecule has 0 aromatic rings. The summed E-state index contributed by atoms with van der Waals surface area (Å²) < 4.78 is 26.2. The zero-order valence-electron chi connectivity index (χ0n) is 11.7. The largest absolute Gasteiger partial charge is 0.409 e. The Morgan fingerprint density at radius 1 is 1.42 bits per heavy atom. The van der Waals surface area contributed by atoms with E-state index in [1.54, 1.807) is 0 Å². The van der Waals surface area contributed by atoms with Gasteiger partial charge in [0.1, 0.15) is 0 Å². The third-order valence-electron chi connectivity index (χ3n) is 3.49. The average molecular weight is 291 g/mol. The van der Waals surface area contributed by atoms with Gasteiger partial charge in [0.05, 0.1) is 12.3 Å². The fraction of sp³-hybridized carbons (Fsp3) is 0.917. The molecule has 19 heavy (non-hydrogen) atoms. The van der Waals surface area contributed by atoms with Crippen LogP contribution in [-0.2, 0) is 10.0 Å². The molecule has 0 heterocycles. The van der Waals surface area contributed by atoms with Gasteiger partial charge in [-0.15, -0.1) is 0 Å². The highest BCUT2D eigenvalue weighted by molar-refractivity contribution is 7.89. The first-order valence-electron chi connectivity index (χ1n) is 6.82. The van der Waals surface area contributed by atoms with Gasteiger partial charge in [-0.3, -0.25) is 0 Å². The lowest BCUT2D eigenvalue weighted by Crippen LogP contribution is -2.45. The van der Waals surface area contributed by atoms with E-state index in [4.69, 9.17) is 10.9 Å². The fourth-order valence-corrected chi connectivity index (χ4v) is 4.34. The average Bonchev–Trinajstić information content (AvgIpc) is 2.86. The van der Waals surface area contributed by atoms with Gasteiger partial charge in [-0.05, 0) is 25.2 Å². The van der Waals surface area contributed by atoms with E-state index in [0.29, 0.717) is 12.3 Å². The van der Waals surface area contributed by atoms with Crippen LogP contribution < -0.4 is 5.73 Å². The number of hydrogen-bond acceptors (Lipinski definition) is 4. The summed E-state index contributed by atoms with van der Waals surface area (Å²) in [6.45, 7) is 3.99. The zero-order chi connectivity index (χ0) is 14.5. The van der Waals surface area contributed by atoms with E-state index in [2.05, 4.69) is 5.16 Å². The molecule has 0 atom stereocenters. The zero-order valence-corrected chi connectivity index (χ0v) is 12.6. The molecule has 0 aromatic heterocycles.